The summed E-state index contributed by atoms with van der Waals surface area (Å²) >= 11 is 1.33. The van der Waals surface area contributed by atoms with Crippen LogP contribution in [0, 0.1) is 0 Å². The highest BCUT2D eigenvalue weighted by molar-refractivity contribution is 8.15. The monoisotopic (exact) mass is 469 g/mol. The number of nitrogens with zero attached hydrogens (tertiary/aromatic N) is 3. The van der Waals surface area contributed by atoms with Crippen molar-refractivity contribution in [1.29, 1.82) is 0 Å². The van der Waals surface area contributed by atoms with Gasteiger partial charge in [0.2, 0.25) is 11.8 Å². The number of aliphatic imine (C=N–C) groups is 1. The van der Waals surface area contributed by atoms with E-state index in [9.17, 15) is 9.59 Å². The van der Waals surface area contributed by atoms with E-state index in [0.29, 0.717) is 29.5 Å². The molecule has 0 radical (unpaired) electrons. The van der Waals surface area contributed by atoms with Gasteiger partial charge < -0.3 is 10.3 Å². The van der Waals surface area contributed by atoms with Crippen LogP contribution in [0.25, 0.3) is 10.9 Å². The maximum absolute atomic E-state index is 13.3. The number of pyridine rings is 1. The molecule has 1 fully saturated rings. The van der Waals surface area contributed by atoms with Gasteiger partial charge in [0.25, 0.3) is 0 Å². The number of aromatic amines is 1. The first kappa shape index (κ1) is 21.9. The molecule has 2 aromatic carbocycles. The van der Waals surface area contributed by atoms with E-state index in [2.05, 4.69) is 26.3 Å². The summed E-state index contributed by atoms with van der Waals surface area (Å²) in [4.78, 5) is 39.7. The zero-order chi connectivity index (χ0) is 23.3. The van der Waals surface area contributed by atoms with Gasteiger partial charge in [0.1, 0.15) is 5.25 Å². The van der Waals surface area contributed by atoms with Gasteiger partial charge in [-0.2, -0.15) is 0 Å². The molecule has 4 aromatic rings. The van der Waals surface area contributed by atoms with Crippen molar-refractivity contribution in [2.45, 2.75) is 18.1 Å². The number of para-hydroxylation sites is 2. The largest absolute Gasteiger partial charge is 0.361 e. The molecule has 1 unspecified atom stereocenters. The molecule has 1 atom stereocenters. The predicted molar refractivity (Wildman–Crippen MR) is 136 cm³/mol. The maximum atomic E-state index is 13.3. The SMILES string of the molecule is O=C(CC1SC(=Nc2cccnc2)N(CCc2c[nH]c3ccccc23)C1=O)Nc1ccccc1. The van der Waals surface area contributed by atoms with Crippen molar-refractivity contribution >= 4 is 51.0 Å². The van der Waals surface area contributed by atoms with Crippen LogP contribution in [0.15, 0.2) is 90.3 Å². The molecule has 0 saturated carbocycles. The van der Waals surface area contributed by atoms with Gasteiger partial charge in [-0.15, -0.1) is 0 Å². The molecule has 1 saturated heterocycles. The number of carbonyl (C=O) groups is 2. The molecule has 7 nitrogen and oxygen atoms in total. The highest BCUT2D eigenvalue weighted by Gasteiger charge is 2.39. The third kappa shape index (κ3) is 4.87. The summed E-state index contributed by atoms with van der Waals surface area (Å²) in [5, 5.41) is 4.08. The van der Waals surface area contributed by atoms with Gasteiger partial charge in [-0.25, -0.2) is 4.99 Å². The normalized spacial score (nSPS) is 16.9. The third-order valence-corrected chi connectivity index (χ3v) is 6.77. The summed E-state index contributed by atoms with van der Waals surface area (Å²) in [5.41, 5.74) is 3.59. The van der Waals surface area contributed by atoms with Crippen LogP contribution >= 0.6 is 11.8 Å². The summed E-state index contributed by atoms with van der Waals surface area (Å²) < 4.78 is 0. The maximum Gasteiger partial charge on any atom is 0.242 e. The third-order valence-electron chi connectivity index (χ3n) is 5.60. The summed E-state index contributed by atoms with van der Waals surface area (Å²) in [6.07, 6.45) is 6.08. The Balaban J connectivity index is 1.34. The fourth-order valence-corrected chi connectivity index (χ4v) is 5.12. The average molecular weight is 470 g/mol. The number of H-pyrrole nitrogens is 1. The van der Waals surface area contributed by atoms with Crippen LogP contribution < -0.4 is 5.32 Å². The molecular weight excluding hydrogens is 446 g/mol. The number of hydrogen-bond acceptors (Lipinski definition) is 5. The topological polar surface area (TPSA) is 90.5 Å². The molecule has 2 N–H and O–H groups in total. The number of rotatable bonds is 7. The number of thioether (sulfide) groups is 1. The minimum atomic E-state index is -0.526. The van der Waals surface area contributed by atoms with Crippen molar-refractivity contribution in [3.8, 4) is 0 Å². The van der Waals surface area contributed by atoms with Gasteiger partial charge in [-0.1, -0.05) is 48.2 Å². The van der Waals surface area contributed by atoms with Crippen molar-refractivity contribution in [3.05, 3.63) is 90.9 Å². The number of benzene rings is 2. The number of carbonyl (C=O) groups excluding carboxylic acids is 2. The van der Waals surface area contributed by atoms with Gasteiger partial charge in [-0.3, -0.25) is 19.5 Å². The lowest BCUT2D eigenvalue weighted by Crippen LogP contribution is -2.35. The Hall–Kier alpha value is -3.91. The zero-order valence-corrected chi connectivity index (χ0v) is 19.2. The lowest BCUT2D eigenvalue weighted by Gasteiger charge is -2.16. The minimum absolute atomic E-state index is 0.0774. The Morgan fingerprint density at radius 1 is 1.09 bits per heavy atom. The van der Waals surface area contributed by atoms with E-state index in [-0.39, 0.29) is 18.2 Å². The van der Waals surface area contributed by atoms with E-state index in [4.69, 9.17) is 0 Å². The standard InChI is InChI=1S/C26H23N5O2S/c32-24(29-19-7-2-1-3-8-19)15-23-25(33)31(26(34-23)30-20-9-6-13-27-17-20)14-12-18-16-28-22-11-5-4-10-21(18)22/h1-11,13,16-17,23,28H,12,14-15H2,(H,29,32). The highest BCUT2D eigenvalue weighted by Crippen LogP contribution is 2.32. The fraction of sp³-hybridized carbons (Fsp3) is 0.154. The van der Waals surface area contributed by atoms with E-state index in [1.807, 2.05) is 66.9 Å². The number of hydrogen-bond donors (Lipinski definition) is 2. The predicted octanol–water partition coefficient (Wildman–Crippen LogP) is 4.77. The van der Waals surface area contributed by atoms with E-state index < -0.39 is 5.25 Å². The van der Waals surface area contributed by atoms with Crippen molar-refractivity contribution in [3.63, 3.8) is 0 Å². The second-order valence-corrected chi connectivity index (χ2v) is 9.10. The first-order valence-corrected chi connectivity index (χ1v) is 11.9. The first-order valence-electron chi connectivity index (χ1n) is 11.0. The molecule has 0 bridgehead atoms. The van der Waals surface area contributed by atoms with Crippen molar-refractivity contribution in [1.82, 2.24) is 14.9 Å². The van der Waals surface area contributed by atoms with Crippen molar-refractivity contribution in [2.75, 3.05) is 11.9 Å². The van der Waals surface area contributed by atoms with E-state index in [1.54, 1.807) is 17.3 Å². The van der Waals surface area contributed by atoms with E-state index >= 15 is 0 Å². The Morgan fingerprint density at radius 2 is 1.91 bits per heavy atom. The van der Waals surface area contributed by atoms with Crippen LogP contribution in [0.2, 0.25) is 0 Å². The van der Waals surface area contributed by atoms with Gasteiger partial charge in [0, 0.05) is 41.9 Å². The van der Waals surface area contributed by atoms with Crippen LogP contribution in [0.1, 0.15) is 12.0 Å². The molecule has 5 rings (SSSR count). The van der Waals surface area contributed by atoms with Crippen LogP contribution in [0.5, 0.6) is 0 Å². The quantitative estimate of drug-likeness (QED) is 0.408. The fourth-order valence-electron chi connectivity index (χ4n) is 3.93. The molecule has 2 aromatic heterocycles. The average Bonchev–Trinajstić information content (AvgIpc) is 3.39. The number of fused-ring (bicyclic) bond motifs is 1. The van der Waals surface area contributed by atoms with Crippen molar-refractivity contribution in [2.24, 2.45) is 4.99 Å². The molecule has 170 valence electrons. The summed E-state index contributed by atoms with van der Waals surface area (Å²) in [5.74, 6) is -0.299. The summed E-state index contributed by atoms with van der Waals surface area (Å²) in [6, 6.07) is 21.0. The smallest absolute Gasteiger partial charge is 0.242 e. The molecule has 0 spiro atoms. The molecule has 1 aliphatic rings. The first-order chi connectivity index (χ1) is 16.7. The lowest BCUT2D eigenvalue weighted by atomic mass is 10.1. The van der Waals surface area contributed by atoms with E-state index in [0.717, 1.165) is 16.5 Å². The molecule has 8 heteroatoms. The van der Waals surface area contributed by atoms with Crippen LogP contribution in [0.4, 0.5) is 11.4 Å². The highest BCUT2D eigenvalue weighted by atomic mass is 32.2. The molecule has 1 aliphatic heterocycles. The summed E-state index contributed by atoms with van der Waals surface area (Å²) in [6.45, 7) is 0.476. The lowest BCUT2D eigenvalue weighted by molar-refractivity contribution is -0.128. The summed E-state index contributed by atoms with van der Waals surface area (Å²) in [7, 11) is 0. The Morgan fingerprint density at radius 3 is 2.74 bits per heavy atom. The molecule has 0 aliphatic carbocycles. The van der Waals surface area contributed by atoms with Gasteiger partial charge in [0.15, 0.2) is 5.17 Å². The zero-order valence-electron chi connectivity index (χ0n) is 18.3. The molecule has 34 heavy (non-hydrogen) atoms. The second-order valence-electron chi connectivity index (χ2n) is 7.93. The van der Waals surface area contributed by atoms with Crippen molar-refractivity contribution < 1.29 is 9.59 Å². The number of aromatic nitrogens is 2. The molecule has 3 heterocycles. The Labute approximate surface area is 201 Å². The Kier molecular flexibility index (Phi) is 6.40. The van der Waals surface area contributed by atoms with Crippen LogP contribution in [0.3, 0.4) is 0 Å². The molecule has 2 amide bonds. The van der Waals surface area contributed by atoms with Crippen LogP contribution in [-0.4, -0.2) is 43.6 Å². The number of amides is 2. The molecular formula is C26H23N5O2S. The van der Waals surface area contributed by atoms with Crippen LogP contribution in [-0.2, 0) is 16.0 Å². The van der Waals surface area contributed by atoms with Gasteiger partial charge >= 0.3 is 0 Å². The minimum Gasteiger partial charge on any atom is -0.361 e. The second kappa shape index (κ2) is 9.93. The van der Waals surface area contributed by atoms with Gasteiger partial charge in [0.05, 0.1) is 11.9 Å². The Bertz CT molecular complexity index is 1340. The van der Waals surface area contributed by atoms with Gasteiger partial charge in [-0.05, 0) is 42.3 Å². The van der Waals surface area contributed by atoms with E-state index in [1.165, 1.54) is 11.8 Å². The number of amidine groups is 1. The number of anilines is 1. The number of nitrogens with one attached hydrogen (secondary N) is 2.